The van der Waals surface area contributed by atoms with Gasteiger partial charge in [-0.25, -0.2) is 9.37 Å². The van der Waals surface area contributed by atoms with E-state index in [0.29, 0.717) is 34.6 Å². The third kappa shape index (κ3) is 5.61. The Kier molecular flexibility index (Phi) is 7.88. The van der Waals surface area contributed by atoms with E-state index < -0.39 is 17.3 Å². The summed E-state index contributed by atoms with van der Waals surface area (Å²) in [7, 11) is 1.36. The average Bonchev–Trinajstić information content (AvgIpc) is 3.27. The van der Waals surface area contributed by atoms with Crippen molar-refractivity contribution in [1.82, 2.24) is 15.3 Å². The first-order valence-electron chi connectivity index (χ1n) is 10.9. The number of fused-ring (bicyclic) bond motifs is 1. The second kappa shape index (κ2) is 11.0. The molecule has 4 rings (SSSR count). The maximum absolute atomic E-state index is 13.5. The fourth-order valence-electron chi connectivity index (χ4n) is 3.74. The van der Waals surface area contributed by atoms with Gasteiger partial charge in [0.15, 0.2) is 11.6 Å². The van der Waals surface area contributed by atoms with E-state index in [-0.39, 0.29) is 43.4 Å². The lowest BCUT2D eigenvalue weighted by atomic mass is 10.00. The van der Waals surface area contributed by atoms with Crippen LogP contribution in [0.5, 0.6) is 5.75 Å². The van der Waals surface area contributed by atoms with Crippen molar-refractivity contribution < 1.29 is 28.5 Å². The summed E-state index contributed by atoms with van der Waals surface area (Å²) in [5.74, 6) is -0.878. The Morgan fingerprint density at radius 1 is 1.41 bits per heavy atom. The van der Waals surface area contributed by atoms with Crippen LogP contribution in [0.1, 0.15) is 34.6 Å². The zero-order valence-corrected chi connectivity index (χ0v) is 19.5. The highest BCUT2D eigenvalue weighted by Gasteiger charge is 2.22. The van der Waals surface area contributed by atoms with Gasteiger partial charge in [0.05, 0.1) is 38.4 Å². The predicted octanol–water partition coefficient (Wildman–Crippen LogP) is 2.37. The number of aromatic nitrogens is 2. The van der Waals surface area contributed by atoms with Crippen LogP contribution in [-0.4, -0.2) is 54.0 Å². The minimum atomic E-state index is -0.552. The number of benzene rings is 1. The molecule has 1 aliphatic heterocycles. The number of hydrogen-bond acceptors (Lipinski definition) is 8. The molecule has 182 valence electrons. The molecule has 0 spiro atoms. The molecule has 1 fully saturated rings. The molecule has 9 nitrogen and oxygen atoms in total. The van der Waals surface area contributed by atoms with Gasteiger partial charge >= 0.3 is 0 Å². The van der Waals surface area contributed by atoms with Gasteiger partial charge in [-0.2, -0.15) is 0 Å². The molecule has 0 saturated carbocycles. The van der Waals surface area contributed by atoms with Crippen molar-refractivity contribution in [2.24, 2.45) is 5.92 Å². The van der Waals surface area contributed by atoms with Crippen molar-refractivity contribution in [2.45, 2.75) is 32.1 Å². The number of aromatic amines is 1. The molecule has 0 bridgehead atoms. The first kappa shape index (κ1) is 24.3. The molecule has 3 aromatic rings. The lowest BCUT2D eigenvalue weighted by molar-refractivity contribution is -0.0717. The van der Waals surface area contributed by atoms with E-state index in [1.807, 2.05) is 0 Å². The van der Waals surface area contributed by atoms with Crippen molar-refractivity contribution in [3.63, 3.8) is 0 Å². The van der Waals surface area contributed by atoms with Gasteiger partial charge in [0.25, 0.3) is 11.5 Å². The predicted molar refractivity (Wildman–Crippen MR) is 124 cm³/mol. The van der Waals surface area contributed by atoms with Gasteiger partial charge < -0.3 is 29.6 Å². The lowest BCUT2D eigenvalue weighted by Gasteiger charge is -2.27. The smallest absolute Gasteiger partial charge is 0.287 e. The van der Waals surface area contributed by atoms with Gasteiger partial charge in [-0.05, 0) is 35.9 Å². The van der Waals surface area contributed by atoms with E-state index in [2.05, 4.69) is 15.3 Å². The van der Waals surface area contributed by atoms with Crippen LogP contribution in [0.4, 0.5) is 4.39 Å². The van der Waals surface area contributed by atoms with Crippen molar-refractivity contribution in [1.29, 1.82) is 0 Å². The average molecular weight is 492 g/mol. The van der Waals surface area contributed by atoms with Crippen molar-refractivity contribution in [3.8, 4) is 5.75 Å². The van der Waals surface area contributed by atoms with Crippen LogP contribution >= 0.6 is 11.3 Å². The molecular weight excluding hydrogens is 465 g/mol. The fraction of sp³-hybridized carbons (Fsp3) is 0.435. The SMILES string of the molecule is COc1cc(CNC(=O)c2nc3scc(COCC4CCC(CO)CO4)c3c(=O)[nH]2)ccc1F. The quantitative estimate of drug-likeness (QED) is 0.420. The highest BCUT2D eigenvalue weighted by Crippen LogP contribution is 2.23. The summed E-state index contributed by atoms with van der Waals surface area (Å²) in [6, 6.07) is 4.28. The van der Waals surface area contributed by atoms with E-state index in [9.17, 15) is 19.1 Å². The number of aliphatic hydroxyl groups is 1. The monoisotopic (exact) mass is 491 g/mol. The Balaban J connectivity index is 1.36. The summed E-state index contributed by atoms with van der Waals surface area (Å²) >= 11 is 1.26. The van der Waals surface area contributed by atoms with Crippen molar-refractivity contribution in [3.05, 3.63) is 56.7 Å². The van der Waals surface area contributed by atoms with E-state index in [1.54, 1.807) is 5.38 Å². The van der Waals surface area contributed by atoms with Gasteiger partial charge in [0.2, 0.25) is 5.82 Å². The molecule has 0 aliphatic carbocycles. The molecule has 3 heterocycles. The van der Waals surface area contributed by atoms with Gasteiger partial charge in [-0.1, -0.05) is 6.07 Å². The number of nitrogens with zero attached hydrogens (tertiary/aromatic N) is 1. The Morgan fingerprint density at radius 2 is 2.26 bits per heavy atom. The van der Waals surface area contributed by atoms with Crippen molar-refractivity contribution >= 4 is 27.5 Å². The summed E-state index contributed by atoms with van der Waals surface area (Å²) in [4.78, 5) is 32.5. The molecule has 2 aromatic heterocycles. The van der Waals surface area contributed by atoms with Gasteiger partial charge in [-0.3, -0.25) is 9.59 Å². The van der Waals surface area contributed by atoms with Crippen LogP contribution < -0.4 is 15.6 Å². The number of carbonyl (C=O) groups excluding carboxylic acids is 1. The number of ether oxygens (including phenoxy) is 3. The first-order valence-corrected chi connectivity index (χ1v) is 11.8. The number of nitrogens with one attached hydrogen (secondary N) is 2. The molecule has 0 radical (unpaired) electrons. The maximum Gasteiger partial charge on any atom is 0.287 e. The molecule has 11 heteroatoms. The van der Waals surface area contributed by atoms with Crippen LogP contribution in [0.3, 0.4) is 0 Å². The first-order chi connectivity index (χ1) is 16.5. The molecule has 34 heavy (non-hydrogen) atoms. The Hall–Kier alpha value is -2.86. The van der Waals surface area contributed by atoms with E-state index >= 15 is 0 Å². The Bertz CT molecular complexity index is 1210. The number of halogens is 1. The number of amides is 1. The highest BCUT2D eigenvalue weighted by atomic mass is 32.1. The zero-order valence-electron chi connectivity index (χ0n) is 18.6. The number of rotatable bonds is 9. The van der Waals surface area contributed by atoms with Crippen LogP contribution in [0.15, 0.2) is 28.4 Å². The Morgan fingerprint density at radius 3 is 3.00 bits per heavy atom. The summed E-state index contributed by atoms with van der Waals surface area (Å²) in [5.41, 5.74) is 0.917. The number of H-pyrrole nitrogens is 1. The number of aliphatic hydroxyl groups excluding tert-OH is 1. The normalized spacial score (nSPS) is 18.2. The van der Waals surface area contributed by atoms with Crippen LogP contribution in [0.25, 0.3) is 10.2 Å². The lowest BCUT2D eigenvalue weighted by Crippen LogP contribution is -2.31. The maximum atomic E-state index is 13.5. The molecule has 1 saturated heterocycles. The molecule has 2 unspecified atom stereocenters. The number of carbonyl (C=O) groups is 1. The van der Waals surface area contributed by atoms with Crippen LogP contribution in [0.2, 0.25) is 0 Å². The third-order valence-electron chi connectivity index (χ3n) is 5.69. The van der Waals surface area contributed by atoms with E-state index in [1.165, 1.54) is 36.6 Å². The number of hydrogen-bond donors (Lipinski definition) is 3. The fourth-order valence-corrected chi connectivity index (χ4v) is 4.66. The Labute approximate surface area is 198 Å². The summed E-state index contributed by atoms with van der Waals surface area (Å²) in [5, 5.41) is 14.0. The molecule has 1 aromatic carbocycles. The largest absolute Gasteiger partial charge is 0.494 e. The van der Waals surface area contributed by atoms with Gasteiger partial charge in [0.1, 0.15) is 4.83 Å². The molecular formula is C23H26FN3O6S. The minimum Gasteiger partial charge on any atom is -0.494 e. The van der Waals surface area contributed by atoms with Crippen LogP contribution in [-0.2, 0) is 22.6 Å². The zero-order chi connectivity index (χ0) is 24.1. The highest BCUT2D eigenvalue weighted by molar-refractivity contribution is 7.16. The van der Waals surface area contributed by atoms with Gasteiger partial charge in [-0.15, -0.1) is 11.3 Å². The molecule has 3 N–H and O–H groups in total. The molecule has 2 atom stereocenters. The summed E-state index contributed by atoms with van der Waals surface area (Å²) in [6.07, 6.45) is 1.69. The third-order valence-corrected chi connectivity index (χ3v) is 6.61. The molecule has 1 aliphatic rings. The number of methoxy groups -OCH3 is 1. The van der Waals surface area contributed by atoms with Gasteiger partial charge in [0, 0.05) is 24.6 Å². The van der Waals surface area contributed by atoms with Crippen LogP contribution in [0, 0.1) is 11.7 Å². The standard InChI is InChI=1S/C23H26FN3O6S/c1-31-18-6-13(3-5-17(18)24)7-25-22(30)20-26-21(29)19-15(12-34-23(19)27-20)10-32-11-16-4-2-14(8-28)9-33-16/h3,5-6,12,14,16,28H,2,4,7-11H2,1H3,(H,25,30)(H,26,27,29). The van der Waals surface area contributed by atoms with Crippen molar-refractivity contribution in [2.75, 3.05) is 26.9 Å². The number of thiophene rings is 1. The minimum absolute atomic E-state index is 0.0273. The topological polar surface area (TPSA) is 123 Å². The van der Waals surface area contributed by atoms with E-state index in [4.69, 9.17) is 14.2 Å². The summed E-state index contributed by atoms with van der Waals surface area (Å²) in [6.45, 7) is 1.39. The molecule has 1 amide bonds. The van der Waals surface area contributed by atoms with E-state index in [0.717, 1.165) is 12.8 Å². The second-order valence-electron chi connectivity index (χ2n) is 8.10. The summed E-state index contributed by atoms with van der Waals surface area (Å²) < 4.78 is 29.9. The second-order valence-corrected chi connectivity index (χ2v) is 8.96.